The van der Waals surface area contributed by atoms with Gasteiger partial charge in [0.15, 0.2) is 0 Å². The van der Waals surface area contributed by atoms with Crippen molar-refractivity contribution >= 4 is 55.1 Å². The van der Waals surface area contributed by atoms with Gasteiger partial charge in [-0.2, -0.15) is 0 Å². The summed E-state index contributed by atoms with van der Waals surface area (Å²) in [6, 6.07) is 43.3. The van der Waals surface area contributed by atoms with E-state index in [0.29, 0.717) is 0 Å². The lowest BCUT2D eigenvalue weighted by Crippen LogP contribution is -2.16. The average molecular weight is 595 g/mol. The highest BCUT2D eigenvalue weighted by molar-refractivity contribution is 6.24. The lowest BCUT2D eigenvalue weighted by atomic mass is 9.93. The van der Waals surface area contributed by atoms with E-state index in [-0.39, 0.29) is 0 Å². The molecule has 0 aliphatic carbocycles. The summed E-state index contributed by atoms with van der Waals surface area (Å²) in [6.45, 7) is 12.2. The molecule has 6 aromatic carbocycles. The highest BCUT2D eigenvalue weighted by atomic mass is 15.2. The van der Waals surface area contributed by atoms with Crippen molar-refractivity contribution in [2.75, 3.05) is 9.80 Å². The van der Waals surface area contributed by atoms with Crippen LogP contribution in [0.3, 0.4) is 0 Å². The van der Waals surface area contributed by atoms with Gasteiger partial charge in [-0.25, -0.2) is 0 Å². The summed E-state index contributed by atoms with van der Waals surface area (Å²) in [6.07, 6.45) is 16.3. The number of hydrogen-bond donors (Lipinski definition) is 0. The maximum atomic E-state index is 4.04. The molecule has 0 aliphatic rings. The molecule has 2 heteroatoms. The van der Waals surface area contributed by atoms with Crippen LogP contribution in [0.5, 0.6) is 0 Å². The van der Waals surface area contributed by atoms with E-state index in [4.69, 9.17) is 0 Å². The summed E-state index contributed by atoms with van der Waals surface area (Å²) in [5.74, 6) is 0. The van der Waals surface area contributed by atoms with E-state index in [2.05, 4.69) is 195 Å². The zero-order valence-corrected chi connectivity index (χ0v) is 26.5. The quantitative estimate of drug-likeness (QED) is 0.115. The Morgan fingerprint density at radius 3 is 1.15 bits per heavy atom. The van der Waals surface area contributed by atoms with Crippen molar-refractivity contribution in [3.05, 3.63) is 194 Å². The first kappa shape index (κ1) is 30.2. The van der Waals surface area contributed by atoms with Gasteiger partial charge in [-0.3, -0.25) is 0 Å². The van der Waals surface area contributed by atoms with Gasteiger partial charge in [0.25, 0.3) is 0 Å². The van der Waals surface area contributed by atoms with Crippen molar-refractivity contribution in [3.8, 4) is 0 Å². The second kappa shape index (κ2) is 13.8. The van der Waals surface area contributed by atoms with Crippen LogP contribution in [0.4, 0.5) is 22.7 Å². The molecule has 0 unspecified atom stereocenters. The number of fused-ring (bicyclic) bond motifs is 5. The second-order valence-corrected chi connectivity index (χ2v) is 11.0. The second-order valence-electron chi connectivity index (χ2n) is 11.0. The van der Waals surface area contributed by atoms with E-state index >= 15 is 0 Å². The van der Waals surface area contributed by atoms with Crippen LogP contribution in [0.15, 0.2) is 194 Å². The molecular formula is C44H38N2. The van der Waals surface area contributed by atoms with Crippen LogP contribution >= 0.6 is 0 Å². The number of allylic oxidation sites excluding steroid dienone is 8. The lowest BCUT2D eigenvalue weighted by Gasteiger charge is -2.30. The summed E-state index contributed by atoms with van der Waals surface area (Å²) in [5, 5.41) is 7.10. The van der Waals surface area contributed by atoms with E-state index in [1.807, 2.05) is 12.2 Å². The van der Waals surface area contributed by atoms with Gasteiger partial charge in [0.05, 0.1) is 11.4 Å². The summed E-state index contributed by atoms with van der Waals surface area (Å²) < 4.78 is 0. The topological polar surface area (TPSA) is 6.48 Å². The Balaban J connectivity index is 1.76. The maximum absolute atomic E-state index is 4.04. The smallest absolute Gasteiger partial charge is 0.0546 e. The van der Waals surface area contributed by atoms with Crippen LogP contribution in [-0.4, -0.2) is 0 Å². The zero-order valence-electron chi connectivity index (χ0n) is 26.5. The summed E-state index contributed by atoms with van der Waals surface area (Å²) in [5.41, 5.74) is 6.46. The fourth-order valence-electron chi connectivity index (χ4n) is 6.28. The van der Waals surface area contributed by atoms with Crippen LogP contribution in [0, 0.1) is 0 Å². The molecule has 2 nitrogen and oxygen atoms in total. The van der Waals surface area contributed by atoms with Gasteiger partial charge in [-0.1, -0.05) is 122 Å². The lowest BCUT2D eigenvalue weighted by molar-refractivity contribution is 1.22. The van der Waals surface area contributed by atoms with E-state index in [9.17, 15) is 0 Å². The van der Waals surface area contributed by atoms with Gasteiger partial charge in [-0.05, 0) is 96.1 Å². The average Bonchev–Trinajstić information content (AvgIpc) is 3.10. The third-order valence-electron chi connectivity index (χ3n) is 8.12. The van der Waals surface area contributed by atoms with E-state index in [0.717, 1.165) is 34.1 Å². The van der Waals surface area contributed by atoms with Crippen molar-refractivity contribution in [1.82, 2.24) is 0 Å². The largest absolute Gasteiger partial charge is 0.310 e. The molecule has 0 saturated heterocycles. The Morgan fingerprint density at radius 1 is 0.457 bits per heavy atom. The molecule has 46 heavy (non-hydrogen) atoms. The number of para-hydroxylation sites is 2. The van der Waals surface area contributed by atoms with Crippen LogP contribution in [0.25, 0.3) is 32.3 Å². The minimum absolute atomic E-state index is 1.04. The summed E-state index contributed by atoms with van der Waals surface area (Å²) >= 11 is 0. The van der Waals surface area contributed by atoms with Gasteiger partial charge in [0.1, 0.15) is 0 Å². The van der Waals surface area contributed by atoms with E-state index in [1.54, 1.807) is 0 Å². The third kappa shape index (κ3) is 5.69. The molecule has 0 atom stereocenters. The molecule has 0 saturated carbocycles. The highest BCUT2D eigenvalue weighted by Crippen LogP contribution is 2.46. The molecule has 0 spiro atoms. The van der Waals surface area contributed by atoms with Crippen LogP contribution < -0.4 is 9.80 Å². The minimum atomic E-state index is 1.04. The number of rotatable bonds is 10. The minimum Gasteiger partial charge on any atom is -0.310 e. The Kier molecular flexibility index (Phi) is 9.08. The number of nitrogens with zero attached hydrogens (tertiary/aromatic N) is 2. The zero-order chi connectivity index (χ0) is 31.9. The number of hydrogen-bond acceptors (Lipinski definition) is 2. The van der Waals surface area contributed by atoms with Gasteiger partial charge >= 0.3 is 0 Å². The van der Waals surface area contributed by atoms with Crippen molar-refractivity contribution in [1.29, 1.82) is 0 Å². The van der Waals surface area contributed by atoms with Crippen molar-refractivity contribution in [3.63, 3.8) is 0 Å². The summed E-state index contributed by atoms with van der Waals surface area (Å²) in [7, 11) is 0. The van der Waals surface area contributed by atoms with Gasteiger partial charge in [0, 0.05) is 33.5 Å². The molecule has 224 valence electrons. The third-order valence-corrected chi connectivity index (χ3v) is 8.12. The Morgan fingerprint density at radius 2 is 0.804 bits per heavy atom. The Labute approximate surface area is 272 Å². The normalized spacial score (nSPS) is 12.4. The molecule has 0 aliphatic heterocycles. The van der Waals surface area contributed by atoms with Crippen molar-refractivity contribution < 1.29 is 0 Å². The number of benzene rings is 6. The molecule has 0 amide bonds. The molecule has 6 aromatic rings. The molecule has 0 radical (unpaired) electrons. The van der Waals surface area contributed by atoms with E-state index < -0.39 is 0 Å². The van der Waals surface area contributed by atoms with Crippen LogP contribution in [-0.2, 0) is 0 Å². The van der Waals surface area contributed by atoms with Gasteiger partial charge < -0.3 is 9.80 Å². The number of anilines is 4. The standard InChI is InChI=1S/C44H38N2/c1-5-19-33(20-6-2)45(35-23-11-9-12-24-35)43-31-41-38-28-16-18-30-40(38)44(32-42(41)37-27-15-17-29-39(37)43)46(34(21-7-3)22-8-4)36-25-13-10-14-26-36/h5-32H,1,3H2,2,4H3/b20-6-,22-8-,33-19+,34-21+. The Bertz CT molecular complexity index is 1990. The van der Waals surface area contributed by atoms with Crippen LogP contribution in [0.2, 0.25) is 0 Å². The highest BCUT2D eigenvalue weighted by Gasteiger charge is 2.22. The molecule has 6 rings (SSSR count). The first-order valence-electron chi connectivity index (χ1n) is 15.7. The SMILES string of the molecule is C=C/C=C(\C=C/C)N(c1ccccc1)c1cc2c3ccccc3c(N(C(/C=C\C)=C/C=C)c3ccccc3)cc2c2ccccc12. The molecule has 0 bridgehead atoms. The maximum Gasteiger partial charge on any atom is 0.0546 e. The molecular weight excluding hydrogens is 556 g/mol. The fourth-order valence-corrected chi connectivity index (χ4v) is 6.28. The van der Waals surface area contributed by atoms with Crippen molar-refractivity contribution in [2.24, 2.45) is 0 Å². The predicted octanol–water partition coefficient (Wildman–Crippen LogP) is 12.7. The predicted molar refractivity (Wildman–Crippen MR) is 202 cm³/mol. The Hall–Kier alpha value is -5.86. The van der Waals surface area contributed by atoms with Gasteiger partial charge in [-0.15, -0.1) is 0 Å². The summed E-state index contributed by atoms with van der Waals surface area (Å²) in [4.78, 5) is 4.67. The molecule has 0 N–H and O–H groups in total. The molecule has 0 fully saturated rings. The van der Waals surface area contributed by atoms with Gasteiger partial charge in [0.2, 0.25) is 0 Å². The van der Waals surface area contributed by atoms with Crippen molar-refractivity contribution in [2.45, 2.75) is 13.8 Å². The first-order valence-corrected chi connectivity index (χ1v) is 15.7. The van der Waals surface area contributed by atoms with E-state index in [1.165, 1.54) is 32.3 Å². The first-order chi connectivity index (χ1) is 22.7. The molecule has 0 aromatic heterocycles. The molecule has 0 heterocycles. The van der Waals surface area contributed by atoms with Crippen LogP contribution in [0.1, 0.15) is 13.8 Å². The monoisotopic (exact) mass is 594 g/mol. The fraction of sp³-hybridized carbons (Fsp3) is 0.0455.